The van der Waals surface area contributed by atoms with Crippen LogP contribution in [0.4, 0.5) is 8.78 Å². The first-order valence-electron chi connectivity index (χ1n) is 5.56. The Kier molecular flexibility index (Phi) is 5.04. The molecule has 0 N–H and O–H groups in total. The van der Waals surface area contributed by atoms with Gasteiger partial charge >= 0.3 is 0 Å². The van der Waals surface area contributed by atoms with Crippen molar-refractivity contribution in [1.29, 1.82) is 0 Å². The van der Waals surface area contributed by atoms with Crippen LogP contribution in [0.15, 0.2) is 39.3 Å². The molecular weight excluding hydrogens is 417 g/mol. The van der Waals surface area contributed by atoms with E-state index in [1.165, 1.54) is 25.3 Å². The lowest BCUT2D eigenvalue weighted by Crippen LogP contribution is -2.00. The van der Waals surface area contributed by atoms with Gasteiger partial charge in [-0.15, -0.1) is 11.6 Å². The topological polar surface area (TPSA) is 9.23 Å². The summed E-state index contributed by atoms with van der Waals surface area (Å²) in [6, 6.07) is 7.36. The second-order valence-electron chi connectivity index (χ2n) is 4.01. The van der Waals surface area contributed by atoms with Crippen LogP contribution >= 0.6 is 43.5 Å². The van der Waals surface area contributed by atoms with Gasteiger partial charge in [-0.1, -0.05) is 12.1 Å². The van der Waals surface area contributed by atoms with Crippen molar-refractivity contribution in [2.45, 2.75) is 5.38 Å². The maximum atomic E-state index is 13.6. The molecular formula is C14H9Br2ClF2O. The number of benzene rings is 2. The van der Waals surface area contributed by atoms with Crippen LogP contribution in [0.2, 0.25) is 0 Å². The van der Waals surface area contributed by atoms with E-state index in [1.807, 2.05) is 0 Å². The predicted octanol–water partition coefficient (Wildman–Crippen LogP) is 5.83. The number of rotatable bonds is 3. The molecule has 2 aromatic carbocycles. The Labute approximate surface area is 137 Å². The zero-order valence-corrected chi connectivity index (χ0v) is 14.2. The fourth-order valence-electron chi connectivity index (χ4n) is 1.80. The Hall–Kier alpha value is -0.650. The maximum absolute atomic E-state index is 13.6. The highest BCUT2D eigenvalue weighted by molar-refractivity contribution is 9.10. The molecule has 2 rings (SSSR count). The lowest BCUT2D eigenvalue weighted by molar-refractivity contribution is 0.406. The summed E-state index contributed by atoms with van der Waals surface area (Å²) in [6.07, 6.45) is 0. The zero-order valence-electron chi connectivity index (χ0n) is 10.3. The van der Waals surface area contributed by atoms with Crippen molar-refractivity contribution in [1.82, 2.24) is 0 Å². The Balaban J connectivity index is 2.55. The van der Waals surface area contributed by atoms with Crippen molar-refractivity contribution in [3.63, 3.8) is 0 Å². The Morgan fingerprint density at radius 3 is 2.45 bits per heavy atom. The molecule has 1 atom stereocenters. The number of hydrogen-bond acceptors (Lipinski definition) is 1. The summed E-state index contributed by atoms with van der Waals surface area (Å²) in [7, 11) is 1.43. The highest BCUT2D eigenvalue weighted by Crippen LogP contribution is 2.40. The number of methoxy groups -OCH3 is 1. The van der Waals surface area contributed by atoms with E-state index in [1.54, 1.807) is 12.1 Å². The third kappa shape index (κ3) is 3.00. The normalized spacial score (nSPS) is 12.3. The van der Waals surface area contributed by atoms with Crippen molar-refractivity contribution < 1.29 is 13.5 Å². The van der Waals surface area contributed by atoms with Gasteiger partial charge in [0.25, 0.3) is 0 Å². The van der Waals surface area contributed by atoms with Crippen molar-refractivity contribution in [2.75, 3.05) is 7.11 Å². The summed E-state index contributed by atoms with van der Waals surface area (Å²) in [5.74, 6) is -0.553. The molecule has 0 saturated heterocycles. The molecule has 6 heteroatoms. The van der Waals surface area contributed by atoms with E-state index in [9.17, 15) is 8.78 Å². The Bertz CT molecular complexity index is 649. The van der Waals surface area contributed by atoms with E-state index in [-0.39, 0.29) is 8.95 Å². The number of alkyl halides is 1. The summed E-state index contributed by atoms with van der Waals surface area (Å²) in [5, 5.41) is -0.674. The van der Waals surface area contributed by atoms with Gasteiger partial charge < -0.3 is 4.74 Å². The molecule has 0 bridgehead atoms. The smallest absolute Gasteiger partial charge is 0.141 e. The summed E-state index contributed by atoms with van der Waals surface area (Å²) in [5.41, 5.74) is 1.09. The summed E-state index contributed by atoms with van der Waals surface area (Å²) in [6.45, 7) is 0. The fourth-order valence-corrected chi connectivity index (χ4v) is 3.14. The second-order valence-corrected chi connectivity index (χ2v) is 6.10. The third-order valence-electron chi connectivity index (χ3n) is 2.80. The van der Waals surface area contributed by atoms with Crippen molar-refractivity contribution in [3.8, 4) is 5.75 Å². The number of halogens is 5. The van der Waals surface area contributed by atoms with Crippen LogP contribution in [-0.4, -0.2) is 7.11 Å². The van der Waals surface area contributed by atoms with Crippen LogP contribution in [0, 0.1) is 11.6 Å². The highest BCUT2D eigenvalue weighted by atomic mass is 79.9. The summed E-state index contributed by atoms with van der Waals surface area (Å²) in [4.78, 5) is 0. The minimum absolute atomic E-state index is 0.270. The predicted molar refractivity (Wildman–Crippen MR) is 82.4 cm³/mol. The molecule has 0 radical (unpaired) electrons. The van der Waals surface area contributed by atoms with Gasteiger partial charge in [-0.25, -0.2) is 8.78 Å². The van der Waals surface area contributed by atoms with E-state index in [2.05, 4.69) is 31.9 Å². The molecule has 0 aliphatic rings. The van der Waals surface area contributed by atoms with E-state index >= 15 is 0 Å². The first-order chi connectivity index (χ1) is 9.45. The number of ether oxygens (including phenoxy) is 1. The molecule has 0 aliphatic heterocycles. The first kappa shape index (κ1) is 15.7. The molecule has 0 aliphatic carbocycles. The van der Waals surface area contributed by atoms with E-state index in [4.69, 9.17) is 16.3 Å². The largest absolute Gasteiger partial charge is 0.496 e. The molecule has 0 saturated carbocycles. The van der Waals surface area contributed by atoms with E-state index in [0.29, 0.717) is 16.9 Å². The highest BCUT2D eigenvalue weighted by Gasteiger charge is 2.21. The molecule has 2 aromatic rings. The Morgan fingerprint density at radius 2 is 1.80 bits per heavy atom. The van der Waals surface area contributed by atoms with E-state index < -0.39 is 17.0 Å². The molecule has 0 heterocycles. The van der Waals surface area contributed by atoms with Crippen LogP contribution in [-0.2, 0) is 0 Å². The minimum Gasteiger partial charge on any atom is -0.496 e. The standard InChI is InChI=1S/C14H9Br2ClF2O/c1-20-12-6-11(19)9(15)5-8(12)14(17)7-3-2-4-10(18)13(7)16/h2-6,14H,1H3. The molecule has 0 fully saturated rings. The second kappa shape index (κ2) is 6.41. The van der Waals surface area contributed by atoms with Crippen molar-refractivity contribution in [3.05, 3.63) is 62.0 Å². The quantitative estimate of drug-likeness (QED) is 0.562. The maximum Gasteiger partial charge on any atom is 0.141 e. The van der Waals surface area contributed by atoms with Crippen LogP contribution in [0.25, 0.3) is 0 Å². The first-order valence-corrected chi connectivity index (χ1v) is 7.59. The van der Waals surface area contributed by atoms with E-state index in [0.717, 1.165) is 0 Å². The fraction of sp³-hybridized carbons (Fsp3) is 0.143. The summed E-state index contributed by atoms with van der Waals surface area (Å²) >= 11 is 12.7. The van der Waals surface area contributed by atoms with Crippen LogP contribution < -0.4 is 4.74 Å². The van der Waals surface area contributed by atoms with Gasteiger partial charge in [0.15, 0.2) is 0 Å². The van der Waals surface area contributed by atoms with Gasteiger partial charge in [0.1, 0.15) is 17.4 Å². The average Bonchev–Trinajstić information content (AvgIpc) is 2.43. The average molecular weight is 426 g/mol. The van der Waals surface area contributed by atoms with Gasteiger partial charge in [-0.2, -0.15) is 0 Å². The zero-order chi connectivity index (χ0) is 14.9. The van der Waals surface area contributed by atoms with Crippen LogP contribution in [0.3, 0.4) is 0 Å². The van der Waals surface area contributed by atoms with Gasteiger partial charge in [0, 0.05) is 11.6 Å². The van der Waals surface area contributed by atoms with Gasteiger partial charge in [0.05, 0.1) is 21.4 Å². The SMILES string of the molecule is COc1cc(F)c(Br)cc1C(Cl)c1cccc(F)c1Br. The molecule has 0 spiro atoms. The molecule has 1 nitrogen and oxygen atoms in total. The Morgan fingerprint density at radius 1 is 1.10 bits per heavy atom. The monoisotopic (exact) mass is 424 g/mol. The van der Waals surface area contributed by atoms with Gasteiger partial charge in [-0.05, 0) is 49.6 Å². The molecule has 0 aromatic heterocycles. The van der Waals surface area contributed by atoms with Crippen LogP contribution in [0.5, 0.6) is 5.75 Å². The molecule has 0 amide bonds. The van der Waals surface area contributed by atoms with Gasteiger partial charge in [0.2, 0.25) is 0 Å². The minimum atomic E-state index is -0.674. The summed E-state index contributed by atoms with van der Waals surface area (Å²) < 4.78 is 32.8. The van der Waals surface area contributed by atoms with Gasteiger partial charge in [-0.3, -0.25) is 0 Å². The number of hydrogen-bond donors (Lipinski definition) is 0. The molecule has 20 heavy (non-hydrogen) atoms. The lowest BCUT2D eigenvalue weighted by atomic mass is 10.0. The molecule has 106 valence electrons. The van der Waals surface area contributed by atoms with Crippen molar-refractivity contribution >= 4 is 43.5 Å². The molecule has 1 unspecified atom stereocenters. The third-order valence-corrected chi connectivity index (χ3v) is 4.71. The van der Waals surface area contributed by atoms with Crippen LogP contribution in [0.1, 0.15) is 16.5 Å². The lowest BCUT2D eigenvalue weighted by Gasteiger charge is -2.16. The van der Waals surface area contributed by atoms with Crippen molar-refractivity contribution in [2.24, 2.45) is 0 Å².